The molecular weight excluding hydrogens is 561 g/mol. The molecule has 2 N–H and O–H groups in total. The predicted octanol–water partition coefficient (Wildman–Crippen LogP) is 3.96. The van der Waals surface area contributed by atoms with E-state index in [1.807, 2.05) is 50.4 Å². The average Bonchev–Trinajstić information content (AvgIpc) is 2.87. The van der Waals surface area contributed by atoms with Crippen molar-refractivity contribution in [3.8, 4) is 5.75 Å². The fourth-order valence-electron chi connectivity index (χ4n) is 5.27. The van der Waals surface area contributed by atoms with Crippen LogP contribution in [0.4, 0.5) is 0 Å². The van der Waals surface area contributed by atoms with E-state index >= 15 is 0 Å². The number of ketones is 1. The normalized spacial score (nSPS) is 24.4. The molecular formula is C30H37N2NbO5-. The SMILES string of the molecule is COc1ccccc1C1CC(=O)[C-]=C(N/C(C)=C(\CC2=CC(O)CC=C2)C(=O)OC2CCCN(C)C2)C1.[Nb]. The smallest absolute Gasteiger partial charge is 0.336 e. The van der Waals surface area contributed by atoms with Crippen molar-refractivity contribution in [1.82, 2.24) is 10.2 Å². The number of likely N-dealkylation sites (tertiary alicyclic amines) is 1. The van der Waals surface area contributed by atoms with Crippen LogP contribution < -0.4 is 10.1 Å². The van der Waals surface area contributed by atoms with E-state index in [-0.39, 0.29) is 46.2 Å². The van der Waals surface area contributed by atoms with Crippen molar-refractivity contribution in [3.63, 3.8) is 0 Å². The van der Waals surface area contributed by atoms with Gasteiger partial charge in [-0.05, 0) is 81.5 Å². The van der Waals surface area contributed by atoms with Crippen LogP contribution in [0.2, 0.25) is 0 Å². The fraction of sp³-hybridized carbons (Fsp3) is 0.467. The molecule has 2 aliphatic carbocycles. The van der Waals surface area contributed by atoms with Crippen LogP contribution in [-0.2, 0) is 36.7 Å². The molecule has 3 unspecified atom stereocenters. The molecule has 0 aromatic heterocycles. The number of carbonyl (C=O) groups is 2. The molecule has 1 aromatic rings. The Hall–Kier alpha value is -2.42. The van der Waals surface area contributed by atoms with E-state index in [9.17, 15) is 14.7 Å². The number of nitrogens with one attached hydrogen (secondary N) is 1. The van der Waals surface area contributed by atoms with Gasteiger partial charge in [-0.1, -0.05) is 36.4 Å². The van der Waals surface area contributed by atoms with E-state index in [4.69, 9.17) is 9.47 Å². The van der Waals surface area contributed by atoms with Gasteiger partial charge in [0.2, 0.25) is 0 Å². The van der Waals surface area contributed by atoms with Crippen LogP contribution >= 0.6 is 0 Å². The first-order valence-corrected chi connectivity index (χ1v) is 13.0. The molecule has 38 heavy (non-hydrogen) atoms. The Morgan fingerprint density at radius 2 is 2.05 bits per heavy atom. The molecule has 1 aliphatic heterocycles. The molecule has 1 aromatic carbocycles. The number of nitrogens with zero attached hydrogens (tertiary/aromatic N) is 1. The summed E-state index contributed by atoms with van der Waals surface area (Å²) in [5.74, 6) is 0.245. The second kappa shape index (κ2) is 14.1. The van der Waals surface area contributed by atoms with Crippen LogP contribution in [0.25, 0.3) is 0 Å². The molecule has 203 valence electrons. The van der Waals surface area contributed by atoms with E-state index in [1.165, 1.54) is 0 Å². The molecule has 3 atom stereocenters. The molecule has 0 saturated carbocycles. The number of esters is 1. The van der Waals surface area contributed by atoms with Crippen LogP contribution in [0.15, 0.2) is 65.0 Å². The number of aliphatic hydroxyl groups excluding tert-OH is 1. The number of hydrogen-bond acceptors (Lipinski definition) is 7. The summed E-state index contributed by atoms with van der Waals surface area (Å²) >= 11 is 0. The third-order valence-corrected chi connectivity index (χ3v) is 7.14. The number of benzene rings is 1. The number of piperidine rings is 1. The van der Waals surface area contributed by atoms with Gasteiger partial charge in [0, 0.05) is 41.0 Å². The third-order valence-electron chi connectivity index (χ3n) is 7.14. The summed E-state index contributed by atoms with van der Waals surface area (Å²) in [5, 5.41) is 13.4. The number of likely N-dealkylation sites (N-methyl/N-ethyl adjacent to an activating group) is 1. The van der Waals surface area contributed by atoms with Gasteiger partial charge in [0.15, 0.2) is 0 Å². The molecule has 1 saturated heterocycles. The van der Waals surface area contributed by atoms with Crippen LogP contribution in [0.1, 0.15) is 56.9 Å². The topological polar surface area (TPSA) is 88.1 Å². The van der Waals surface area contributed by atoms with Gasteiger partial charge in [-0.2, -0.15) is 5.70 Å². The largest absolute Gasteiger partial charge is 0.496 e. The average molecular weight is 599 g/mol. The Morgan fingerprint density at radius 3 is 2.79 bits per heavy atom. The summed E-state index contributed by atoms with van der Waals surface area (Å²) in [6.45, 7) is 3.54. The van der Waals surface area contributed by atoms with Crippen LogP contribution in [0, 0.1) is 6.08 Å². The van der Waals surface area contributed by atoms with Crippen molar-refractivity contribution in [2.75, 3.05) is 27.2 Å². The summed E-state index contributed by atoms with van der Waals surface area (Å²) in [6, 6.07) is 7.74. The molecule has 1 heterocycles. The summed E-state index contributed by atoms with van der Waals surface area (Å²) in [5.41, 5.74) is 3.59. The minimum Gasteiger partial charge on any atom is -0.496 e. The van der Waals surface area contributed by atoms with Crippen molar-refractivity contribution in [2.24, 2.45) is 0 Å². The van der Waals surface area contributed by atoms with E-state index in [0.717, 1.165) is 36.3 Å². The molecule has 3 aliphatic rings. The fourth-order valence-corrected chi connectivity index (χ4v) is 5.27. The van der Waals surface area contributed by atoms with Crippen LogP contribution in [0.3, 0.4) is 0 Å². The first kappa shape index (κ1) is 30.1. The zero-order chi connectivity index (χ0) is 26.4. The number of methoxy groups -OCH3 is 1. The van der Waals surface area contributed by atoms with Crippen molar-refractivity contribution in [2.45, 2.75) is 63.6 Å². The monoisotopic (exact) mass is 598 g/mol. The number of para-hydroxylation sites is 1. The van der Waals surface area contributed by atoms with Crippen LogP contribution in [-0.4, -0.2) is 61.2 Å². The number of aliphatic hydroxyl groups is 1. The molecule has 8 heteroatoms. The molecule has 4 rings (SSSR count). The van der Waals surface area contributed by atoms with E-state index in [1.54, 1.807) is 13.2 Å². The maximum absolute atomic E-state index is 13.4. The molecule has 1 fully saturated rings. The zero-order valence-corrected chi connectivity index (χ0v) is 24.6. The Labute approximate surface area is 241 Å². The molecule has 7 nitrogen and oxygen atoms in total. The van der Waals surface area contributed by atoms with Gasteiger partial charge in [-0.3, -0.25) is 0 Å². The maximum Gasteiger partial charge on any atom is 0.336 e. The van der Waals surface area contributed by atoms with Gasteiger partial charge >= 0.3 is 5.97 Å². The van der Waals surface area contributed by atoms with Gasteiger partial charge in [0.1, 0.15) is 11.9 Å². The Morgan fingerprint density at radius 1 is 1.26 bits per heavy atom. The van der Waals surface area contributed by atoms with E-state index in [0.29, 0.717) is 49.2 Å². The summed E-state index contributed by atoms with van der Waals surface area (Å²) in [7, 11) is 3.66. The van der Waals surface area contributed by atoms with Crippen molar-refractivity contribution < 1.29 is 46.5 Å². The Bertz CT molecular complexity index is 1140. The summed E-state index contributed by atoms with van der Waals surface area (Å²) in [6.07, 6.45) is 11.5. The minimum absolute atomic E-state index is 0. The molecule has 0 spiro atoms. The molecule has 0 bridgehead atoms. The predicted molar refractivity (Wildman–Crippen MR) is 142 cm³/mol. The zero-order valence-electron chi connectivity index (χ0n) is 22.4. The van der Waals surface area contributed by atoms with Crippen molar-refractivity contribution in [1.29, 1.82) is 0 Å². The standard InChI is InChI=1S/C30H37N2O5.Nb/c1-20(31-23-16-22(17-25(34)18-23)27-11-4-5-12-29(27)36-3)28(15-21-8-6-9-24(33)14-21)30(35)37-26-10-7-13-32(2)19-26;/h4-6,8,11-12,14,22,24,26,31,33H,7,9-10,13,15-17,19H2,1-3H3;/q-1;/b28-20+;. The number of ether oxygens (including phenoxy) is 2. The Balaban J connectivity index is 0.00000400. The van der Waals surface area contributed by atoms with Gasteiger partial charge in [-0.15, -0.1) is 0 Å². The second-order valence-electron chi connectivity index (χ2n) is 10.2. The minimum atomic E-state index is -0.564. The number of rotatable bonds is 8. The first-order valence-electron chi connectivity index (χ1n) is 13.0. The third kappa shape index (κ3) is 8.04. The quantitative estimate of drug-likeness (QED) is 0.203. The summed E-state index contributed by atoms with van der Waals surface area (Å²) < 4.78 is 11.5. The van der Waals surface area contributed by atoms with E-state index in [2.05, 4.69) is 16.3 Å². The van der Waals surface area contributed by atoms with Gasteiger partial charge < -0.3 is 35.7 Å². The van der Waals surface area contributed by atoms with Gasteiger partial charge in [0.25, 0.3) is 0 Å². The number of Topliss-reactive ketones (excluding diaryl/α,β-unsaturated/α-hetero) is 1. The second-order valence-corrected chi connectivity index (χ2v) is 10.2. The van der Waals surface area contributed by atoms with Gasteiger partial charge in [0.05, 0.1) is 18.8 Å². The van der Waals surface area contributed by atoms with Crippen molar-refractivity contribution in [3.05, 3.63) is 76.7 Å². The Kier molecular flexibility index (Phi) is 11.2. The number of carbonyl (C=O) groups excluding carboxylic acids is 2. The van der Waals surface area contributed by atoms with Crippen molar-refractivity contribution >= 4 is 11.8 Å². The van der Waals surface area contributed by atoms with Gasteiger partial charge in [-0.25, -0.2) is 4.79 Å². The number of hydrogen-bond donors (Lipinski definition) is 2. The van der Waals surface area contributed by atoms with E-state index < -0.39 is 6.10 Å². The maximum atomic E-state index is 13.4. The molecule has 1 radical (unpaired) electrons. The first-order chi connectivity index (χ1) is 17.8. The number of allylic oxidation sites excluding steroid dienone is 5. The summed E-state index contributed by atoms with van der Waals surface area (Å²) in [4.78, 5) is 28.2. The van der Waals surface area contributed by atoms with Crippen LogP contribution in [0.5, 0.6) is 5.75 Å². The molecule has 0 amide bonds.